The van der Waals surface area contributed by atoms with E-state index in [4.69, 9.17) is 0 Å². The van der Waals surface area contributed by atoms with E-state index in [0.29, 0.717) is 0 Å². The molecule has 0 amide bonds. The maximum Gasteiger partial charge on any atom is 0.276 e. The molecule has 0 spiro atoms. The van der Waals surface area contributed by atoms with E-state index in [-0.39, 0.29) is 4.90 Å². The van der Waals surface area contributed by atoms with Crippen molar-refractivity contribution in [2.24, 2.45) is 5.10 Å². The molecular weight excluding hydrogens is 296 g/mol. The van der Waals surface area contributed by atoms with E-state index in [1.807, 2.05) is 50.3 Å². The minimum absolute atomic E-state index is 0.194. The highest BCUT2D eigenvalue weighted by molar-refractivity contribution is 7.89. The largest absolute Gasteiger partial charge is 0.276 e. The van der Waals surface area contributed by atoms with Crippen LogP contribution in [0, 0.1) is 6.92 Å². The molecule has 0 aliphatic heterocycles. The summed E-state index contributed by atoms with van der Waals surface area (Å²) in [4.78, 5) is 2.41. The van der Waals surface area contributed by atoms with Gasteiger partial charge in [0.1, 0.15) is 0 Å². The molecule has 0 atom stereocenters. The van der Waals surface area contributed by atoms with Gasteiger partial charge in [-0.2, -0.15) is 13.5 Å². The van der Waals surface area contributed by atoms with Gasteiger partial charge in [-0.15, -0.1) is 0 Å². The van der Waals surface area contributed by atoms with Crippen LogP contribution < -0.4 is 4.83 Å². The predicted molar refractivity (Wildman–Crippen MR) is 90.1 cm³/mol. The van der Waals surface area contributed by atoms with Crippen LogP contribution in [0.4, 0.5) is 0 Å². The van der Waals surface area contributed by atoms with E-state index < -0.39 is 10.0 Å². The van der Waals surface area contributed by atoms with Crippen molar-refractivity contribution in [2.45, 2.75) is 18.7 Å². The molecule has 0 fully saturated rings. The lowest BCUT2D eigenvalue weighted by Crippen LogP contribution is -2.18. The number of allylic oxidation sites excluding steroid dienone is 1. The first kappa shape index (κ1) is 16.0. The third kappa shape index (κ3) is 4.56. The average Bonchev–Trinajstić information content (AvgIpc) is 2.48. The molecule has 0 aliphatic rings. The maximum atomic E-state index is 12.0. The van der Waals surface area contributed by atoms with Gasteiger partial charge in [-0.1, -0.05) is 54.1 Å². The van der Waals surface area contributed by atoms with Crippen molar-refractivity contribution < 1.29 is 8.42 Å². The Labute approximate surface area is 131 Å². The zero-order chi connectivity index (χ0) is 16.0. The molecule has 0 unspecified atom stereocenters. The molecule has 0 bridgehead atoms. The Balaban J connectivity index is 2.05. The molecule has 2 rings (SSSR count). The number of sulfonamides is 1. The monoisotopic (exact) mass is 314 g/mol. The molecular formula is C17H18N2O2S. The number of aryl methyl sites for hydroxylation is 1. The summed E-state index contributed by atoms with van der Waals surface area (Å²) in [5, 5.41) is 3.81. The average molecular weight is 314 g/mol. The van der Waals surface area contributed by atoms with Gasteiger partial charge >= 0.3 is 0 Å². The summed E-state index contributed by atoms with van der Waals surface area (Å²) in [6, 6.07) is 16.4. The number of nitrogens with one attached hydrogen (secondary N) is 1. The molecule has 0 heterocycles. The lowest BCUT2D eigenvalue weighted by atomic mass is 10.1. The van der Waals surface area contributed by atoms with Crippen LogP contribution in [0.15, 0.2) is 70.2 Å². The molecule has 0 saturated carbocycles. The Bertz CT molecular complexity index is 777. The molecule has 0 aromatic heterocycles. The van der Waals surface area contributed by atoms with Crippen LogP contribution in [0.25, 0.3) is 6.08 Å². The quantitative estimate of drug-likeness (QED) is 0.679. The Hall–Kier alpha value is -2.40. The highest BCUT2D eigenvalue weighted by Crippen LogP contribution is 2.10. The lowest BCUT2D eigenvalue weighted by molar-refractivity contribution is 0.584. The van der Waals surface area contributed by atoms with Crippen molar-refractivity contribution in [2.75, 3.05) is 0 Å². The Morgan fingerprint density at radius 2 is 1.68 bits per heavy atom. The summed E-state index contributed by atoms with van der Waals surface area (Å²) in [5.74, 6) is 0. The first-order valence-electron chi connectivity index (χ1n) is 6.82. The van der Waals surface area contributed by atoms with Gasteiger partial charge < -0.3 is 0 Å². The summed E-state index contributed by atoms with van der Waals surface area (Å²) in [6.45, 7) is 3.76. The van der Waals surface area contributed by atoms with Gasteiger partial charge in [0.25, 0.3) is 10.0 Å². The van der Waals surface area contributed by atoms with Crippen molar-refractivity contribution in [3.63, 3.8) is 0 Å². The van der Waals surface area contributed by atoms with Gasteiger partial charge in [0.05, 0.1) is 11.1 Å². The van der Waals surface area contributed by atoms with Gasteiger partial charge in [-0.25, -0.2) is 4.83 Å². The second-order valence-corrected chi connectivity index (χ2v) is 6.63. The minimum Gasteiger partial charge on any atom is -0.200 e. The summed E-state index contributed by atoms with van der Waals surface area (Å²) >= 11 is 0. The van der Waals surface area contributed by atoms with E-state index in [1.54, 1.807) is 24.3 Å². The Kier molecular flexibility index (Phi) is 5.12. The number of hydrogen-bond donors (Lipinski definition) is 1. The maximum absolute atomic E-state index is 12.0. The van der Waals surface area contributed by atoms with Gasteiger partial charge in [0.15, 0.2) is 0 Å². The Morgan fingerprint density at radius 1 is 1.05 bits per heavy atom. The fourth-order valence-corrected chi connectivity index (χ4v) is 2.61. The molecule has 0 radical (unpaired) electrons. The van der Waals surface area contributed by atoms with Gasteiger partial charge in [0, 0.05) is 0 Å². The molecule has 114 valence electrons. The molecule has 0 saturated heterocycles. The topological polar surface area (TPSA) is 58.5 Å². The van der Waals surface area contributed by atoms with E-state index in [1.165, 1.54) is 6.21 Å². The predicted octanol–water partition coefficient (Wildman–Crippen LogP) is 3.36. The van der Waals surface area contributed by atoms with Gasteiger partial charge in [-0.3, -0.25) is 0 Å². The van der Waals surface area contributed by atoms with Crippen molar-refractivity contribution >= 4 is 22.3 Å². The first-order chi connectivity index (χ1) is 10.5. The lowest BCUT2D eigenvalue weighted by Gasteiger charge is -2.03. The van der Waals surface area contributed by atoms with E-state index in [0.717, 1.165) is 16.7 Å². The van der Waals surface area contributed by atoms with Crippen LogP contribution in [-0.4, -0.2) is 14.6 Å². The second kappa shape index (κ2) is 7.04. The normalized spacial score (nSPS) is 12.5. The van der Waals surface area contributed by atoms with Crippen molar-refractivity contribution in [3.8, 4) is 0 Å². The molecule has 2 aromatic rings. The Morgan fingerprint density at radius 3 is 2.32 bits per heavy atom. The van der Waals surface area contributed by atoms with E-state index >= 15 is 0 Å². The summed E-state index contributed by atoms with van der Waals surface area (Å²) < 4.78 is 24.1. The van der Waals surface area contributed by atoms with Crippen LogP contribution in [-0.2, 0) is 10.0 Å². The third-order valence-electron chi connectivity index (χ3n) is 2.97. The number of benzene rings is 2. The third-order valence-corrected chi connectivity index (χ3v) is 4.20. The van der Waals surface area contributed by atoms with Crippen LogP contribution in [0.5, 0.6) is 0 Å². The molecule has 1 N–H and O–H groups in total. The van der Waals surface area contributed by atoms with Crippen molar-refractivity contribution in [3.05, 3.63) is 71.3 Å². The van der Waals surface area contributed by atoms with Gasteiger partial charge in [-0.05, 0) is 37.1 Å². The van der Waals surface area contributed by atoms with Crippen LogP contribution in [0.1, 0.15) is 18.1 Å². The zero-order valence-electron chi connectivity index (χ0n) is 12.5. The molecule has 0 aliphatic carbocycles. The minimum atomic E-state index is -3.62. The van der Waals surface area contributed by atoms with Crippen LogP contribution >= 0.6 is 0 Å². The number of rotatable bonds is 5. The molecule has 2 aromatic carbocycles. The second-order valence-electron chi connectivity index (χ2n) is 4.97. The highest BCUT2D eigenvalue weighted by atomic mass is 32.2. The number of hydrazone groups is 1. The highest BCUT2D eigenvalue weighted by Gasteiger charge is 2.11. The number of nitrogens with zero attached hydrogens (tertiary/aromatic N) is 1. The summed E-state index contributed by atoms with van der Waals surface area (Å²) in [6.07, 6.45) is 3.41. The number of hydrogen-bond acceptors (Lipinski definition) is 3. The smallest absolute Gasteiger partial charge is 0.200 e. The van der Waals surface area contributed by atoms with Crippen molar-refractivity contribution in [1.82, 2.24) is 4.83 Å². The summed E-state index contributed by atoms with van der Waals surface area (Å²) in [5.41, 5.74) is 2.88. The SMILES string of the molecule is CC(/C=N/NS(=O)(=O)c1ccc(C)cc1)=C\c1ccccc1. The van der Waals surface area contributed by atoms with E-state index in [9.17, 15) is 8.42 Å². The van der Waals surface area contributed by atoms with Crippen molar-refractivity contribution in [1.29, 1.82) is 0 Å². The fourth-order valence-electron chi connectivity index (χ4n) is 1.82. The zero-order valence-corrected chi connectivity index (χ0v) is 13.3. The van der Waals surface area contributed by atoms with Crippen LogP contribution in [0.2, 0.25) is 0 Å². The first-order valence-corrected chi connectivity index (χ1v) is 8.30. The summed E-state index contributed by atoms with van der Waals surface area (Å²) in [7, 11) is -3.62. The van der Waals surface area contributed by atoms with Gasteiger partial charge in [0.2, 0.25) is 0 Å². The fraction of sp³-hybridized carbons (Fsp3) is 0.118. The molecule has 5 heteroatoms. The van der Waals surface area contributed by atoms with E-state index in [2.05, 4.69) is 9.93 Å². The molecule has 22 heavy (non-hydrogen) atoms. The molecule has 4 nitrogen and oxygen atoms in total. The standard InChI is InChI=1S/C17H18N2O2S/c1-14-8-10-17(11-9-14)22(20,21)19-18-13-15(2)12-16-6-4-3-5-7-16/h3-13,19H,1-2H3/b15-12+,18-13+. The van der Waals surface area contributed by atoms with Crippen LogP contribution in [0.3, 0.4) is 0 Å².